The molecule has 1 aromatic heterocycles. The Kier molecular flexibility index (Phi) is 2.92. The van der Waals surface area contributed by atoms with Crippen molar-refractivity contribution < 1.29 is 0 Å². The van der Waals surface area contributed by atoms with Crippen LogP contribution in [0.3, 0.4) is 0 Å². The molecule has 1 aromatic carbocycles. The van der Waals surface area contributed by atoms with Crippen LogP contribution in [0.15, 0.2) is 30.3 Å². The Morgan fingerprint density at radius 2 is 2.11 bits per heavy atom. The van der Waals surface area contributed by atoms with Crippen LogP contribution in [0.5, 0.6) is 0 Å². The van der Waals surface area contributed by atoms with Gasteiger partial charge in [-0.3, -0.25) is 0 Å². The number of nitrogens with zero attached hydrogens (tertiary/aromatic N) is 2. The van der Waals surface area contributed by atoms with Crippen molar-refractivity contribution >= 4 is 0 Å². The smallest absolute Gasteiger partial charge is 0.0676 e. The van der Waals surface area contributed by atoms with Gasteiger partial charge in [0.1, 0.15) is 0 Å². The van der Waals surface area contributed by atoms with Gasteiger partial charge in [0.15, 0.2) is 0 Å². The van der Waals surface area contributed by atoms with Gasteiger partial charge in [-0.05, 0) is 37.8 Å². The number of aryl methyl sites for hydroxylation is 1. The number of para-hydroxylation sites is 1. The first-order chi connectivity index (χ1) is 8.81. The Hall–Kier alpha value is -1.61. The molecule has 0 saturated carbocycles. The summed E-state index contributed by atoms with van der Waals surface area (Å²) in [5, 5.41) is 4.77. The zero-order valence-electron chi connectivity index (χ0n) is 10.8. The minimum absolute atomic E-state index is 0.168. The molecule has 94 valence electrons. The first kappa shape index (κ1) is 11.5. The van der Waals surface area contributed by atoms with Crippen molar-refractivity contribution in [2.75, 3.05) is 0 Å². The van der Waals surface area contributed by atoms with E-state index in [0.717, 1.165) is 31.4 Å². The van der Waals surface area contributed by atoms with Crippen LogP contribution in [-0.4, -0.2) is 9.78 Å². The lowest BCUT2D eigenvalue weighted by Gasteiger charge is -2.20. The van der Waals surface area contributed by atoms with Crippen molar-refractivity contribution in [1.29, 1.82) is 0 Å². The number of rotatable bonds is 2. The van der Waals surface area contributed by atoms with Crippen LogP contribution in [-0.2, 0) is 12.8 Å². The van der Waals surface area contributed by atoms with Gasteiger partial charge in [0.05, 0.1) is 11.4 Å². The van der Waals surface area contributed by atoms with E-state index in [9.17, 15) is 0 Å². The fourth-order valence-electron chi connectivity index (χ4n) is 2.86. The third-order valence-corrected chi connectivity index (χ3v) is 3.73. The standard InChI is InChI=1S/C15H19N3/c1-2-13-15-12(16)9-6-10-14(15)18(17-13)11-7-4-3-5-8-11/h3-5,7-8,12H,2,6,9-10,16H2,1H3. The topological polar surface area (TPSA) is 43.8 Å². The molecule has 1 atom stereocenters. The molecule has 0 bridgehead atoms. The highest BCUT2D eigenvalue weighted by Crippen LogP contribution is 2.32. The Bertz CT molecular complexity index is 542. The average molecular weight is 241 g/mol. The van der Waals surface area contributed by atoms with Crippen molar-refractivity contribution in [2.45, 2.75) is 38.6 Å². The van der Waals surface area contributed by atoms with Crippen LogP contribution in [0, 0.1) is 0 Å². The second kappa shape index (κ2) is 4.58. The number of aromatic nitrogens is 2. The van der Waals surface area contributed by atoms with E-state index in [0.29, 0.717) is 0 Å². The molecule has 0 amide bonds. The number of fused-ring (bicyclic) bond motifs is 1. The summed E-state index contributed by atoms with van der Waals surface area (Å²) in [5.74, 6) is 0. The van der Waals surface area contributed by atoms with Crippen LogP contribution in [0.25, 0.3) is 5.69 Å². The van der Waals surface area contributed by atoms with Crippen molar-refractivity contribution in [2.24, 2.45) is 5.73 Å². The molecule has 1 unspecified atom stereocenters. The van der Waals surface area contributed by atoms with E-state index in [4.69, 9.17) is 10.8 Å². The third kappa shape index (κ3) is 1.75. The summed E-state index contributed by atoms with van der Waals surface area (Å²) in [5.41, 5.74) is 11.2. The average Bonchev–Trinajstić information content (AvgIpc) is 2.80. The lowest BCUT2D eigenvalue weighted by atomic mass is 9.91. The predicted octanol–water partition coefficient (Wildman–Crippen LogP) is 2.77. The van der Waals surface area contributed by atoms with Crippen LogP contribution in [0.1, 0.15) is 42.8 Å². The summed E-state index contributed by atoms with van der Waals surface area (Å²) in [4.78, 5) is 0. The van der Waals surface area contributed by atoms with Gasteiger partial charge in [0, 0.05) is 17.3 Å². The van der Waals surface area contributed by atoms with Crippen molar-refractivity contribution in [3.05, 3.63) is 47.3 Å². The number of hydrogen-bond donors (Lipinski definition) is 1. The molecule has 2 N–H and O–H groups in total. The van der Waals surface area contributed by atoms with Gasteiger partial charge in [0.2, 0.25) is 0 Å². The van der Waals surface area contributed by atoms with Gasteiger partial charge in [-0.1, -0.05) is 25.1 Å². The highest BCUT2D eigenvalue weighted by Gasteiger charge is 2.25. The van der Waals surface area contributed by atoms with Crippen molar-refractivity contribution in [3.63, 3.8) is 0 Å². The molecule has 0 radical (unpaired) electrons. The maximum absolute atomic E-state index is 6.26. The second-order valence-corrected chi connectivity index (χ2v) is 4.91. The minimum Gasteiger partial charge on any atom is -0.324 e. The van der Waals surface area contributed by atoms with Crippen LogP contribution in [0.4, 0.5) is 0 Å². The molecule has 0 aliphatic heterocycles. The van der Waals surface area contributed by atoms with Gasteiger partial charge >= 0.3 is 0 Å². The molecule has 0 fully saturated rings. The summed E-state index contributed by atoms with van der Waals surface area (Å²) in [6.45, 7) is 2.15. The maximum Gasteiger partial charge on any atom is 0.0676 e. The number of benzene rings is 1. The van der Waals surface area contributed by atoms with Gasteiger partial charge in [0.25, 0.3) is 0 Å². The number of nitrogens with two attached hydrogens (primary N) is 1. The summed E-state index contributed by atoms with van der Waals surface area (Å²) in [6.07, 6.45) is 4.29. The summed E-state index contributed by atoms with van der Waals surface area (Å²) in [6, 6.07) is 10.5. The Morgan fingerprint density at radius 1 is 1.33 bits per heavy atom. The number of hydrogen-bond acceptors (Lipinski definition) is 2. The van der Waals surface area contributed by atoms with E-state index >= 15 is 0 Å². The molecule has 1 aliphatic carbocycles. The van der Waals surface area contributed by atoms with Crippen LogP contribution in [0.2, 0.25) is 0 Å². The molecule has 3 rings (SSSR count). The monoisotopic (exact) mass is 241 g/mol. The Balaban J connectivity index is 2.17. The molecule has 1 heterocycles. The Labute approximate surface area is 108 Å². The van der Waals surface area contributed by atoms with Crippen molar-refractivity contribution in [3.8, 4) is 5.69 Å². The zero-order chi connectivity index (χ0) is 12.5. The molecule has 18 heavy (non-hydrogen) atoms. The second-order valence-electron chi connectivity index (χ2n) is 4.91. The van der Waals surface area contributed by atoms with E-state index in [1.54, 1.807) is 0 Å². The van der Waals surface area contributed by atoms with Crippen LogP contribution < -0.4 is 5.73 Å². The highest BCUT2D eigenvalue weighted by molar-refractivity contribution is 5.40. The van der Waals surface area contributed by atoms with Crippen molar-refractivity contribution in [1.82, 2.24) is 9.78 Å². The maximum atomic E-state index is 6.26. The van der Waals surface area contributed by atoms with E-state index in [1.165, 1.54) is 17.0 Å². The largest absolute Gasteiger partial charge is 0.324 e. The SMILES string of the molecule is CCc1nn(-c2ccccc2)c2c1C(N)CCC2. The lowest BCUT2D eigenvalue weighted by Crippen LogP contribution is -2.18. The molecule has 1 aliphatic rings. The quantitative estimate of drug-likeness (QED) is 0.878. The summed E-state index contributed by atoms with van der Waals surface area (Å²) < 4.78 is 2.09. The molecule has 0 spiro atoms. The fourth-order valence-corrected chi connectivity index (χ4v) is 2.86. The van der Waals surface area contributed by atoms with Gasteiger partial charge in [-0.2, -0.15) is 5.10 Å². The first-order valence-corrected chi connectivity index (χ1v) is 6.73. The van der Waals surface area contributed by atoms with E-state index in [2.05, 4.69) is 35.9 Å². The molecule has 3 heteroatoms. The van der Waals surface area contributed by atoms with E-state index in [-0.39, 0.29) is 6.04 Å². The normalized spacial score (nSPS) is 18.7. The molecular formula is C15H19N3. The van der Waals surface area contributed by atoms with E-state index in [1.807, 2.05) is 6.07 Å². The summed E-state index contributed by atoms with van der Waals surface area (Å²) in [7, 11) is 0. The van der Waals surface area contributed by atoms with Crippen LogP contribution >= 0.6 is 0 Å². The fraction of sp³-hybridized carbons (Fsp3) is 0.400. The van der Waals surface area contributed by atoms with Gasteiger partial charge in [-0.15, -0.1) is 0 Å². The molecule has 3 nitrogen and oxygen atoms in total. The van der Waals surface area contributed by atoms with Gasteiger partial charge in [-0.25, -0.2) is 4.68 Å². The third-order valence-electron chi connectivity index (χ3n) is 3.73. The first-order valence-electron chi connectivity index (χ1n) is 6.73. The molecule has 0 saturated heterocycles. The molecular weight excluding hydrogens is 222 g/mol. The zero-order valence-corrected chi connectivity index (χ0v) is 10.8. The molecule has 2 aromatic rings. The Morgan fingerprint density at radius 3 is 2.83 bits per heavy atom. The summed E-state index contributed by atoms with van der Waals surface area (Å²) >= 11 is 0. The highest BCUT2D eigenvalue weighted by atomic mass is 15.3. The predicted molar refractivity (Wildman–Crippen MR) is 72.8 cm³/mol. The minimum atomic E-state index is 0.168. The van der Waals surface area contributed by atoms with E-state index < -0.39 is 0 Å². The lowest BCUT2D eigenvalue weighted by molar-refractivity contribution is 0.556. The van der Waals surface area contributed by atoms with Gasteiger partial charge < -0.3 is 5.73 Å².